The molecule has 4 rings (SSSR count). The first-order chi connectivity index (χ1) is 13.2. The van der Waals surface area contributed by atoms with Crippen LogP contribution in [0.1, 0.15) is 37.1 Å². The van der Waals surface area contributed by atoms with Crippen molar-refractivity contribution in [2.75, 3.05) is 36.9 Å². The van der Waals surface area contributed by atoms with Gasteiger partial charge in [0.25, 0.3) is 0 Å². The van der Waals surface area contributed by atoms with E-state index in [-0.39, 0.29) is 6.03 Å². The summed E-state index contributed by atoms with van der Waals surface area (Å²) < 4.78 is 7.41. The average Bonchev–Trinajstić information content (AvgIpc) is 3.10. The van der Waals surface area contributed by atoms with Gasteiger partial charge in [0.1, 0.15) is 0 Å². The predicted octanol–water partition coefficient (Wildman–Crippen LogP) is 3.26. The number of hydrogen-bond acceptors (Lipinski definition) is 4. The molecule has 2 N–H and O–H groups in total. The van der Waals surface area contributed by atoms with Gasteiger partial charge in [-0.05, 0) is 43.9 Å². The highest BCUT2D eigenvalue weighted by Gasteiger charge is 2.18. The molecule has 1 unspecified atom stereocenters. The minimum absolute atomic E-state index is 0.264. The third-order valence-electron chi connectivity index (χ3n) is 5.40. The smallest absolute Gasteiger partial charge is 0.324 e. The average molecular weight is 369 g/mol. The number of nitrogens with zero attached hydrogens (tertiary/aromatic N) is 3. The first-order valence-corrected chi connectivity index (χ1v) is 9.75. The van der Waals surface area contributed by atoms with Crippen molar-refractivity contribution in [2.45, 2.75) is 38.8 Å². The predicted molar refractivity (Wildman–Crippen MR) is 105 cm³/mol. The molecular formula is C20H27N5O2. The van der Waals surface area contributed by atoms with Crippen molar-refractivity contribution in [2.24, 2.45) is 0 Å². The standard InChI is InChI=1S/C20H27N5O2/c1-15(24-10-12-27-13-11-24)16-5-7-17(8-6-16)21-20(26)22-19-14-18-4-2-3-9-25(18)23-19/h5-8,14-15H,2-4,9-13H2,1H3,(H2,21,22,23,26). The third-order valence-corrected chi connectivity index (χ3v) is 5.40. The highest BCUT2D eigenvalue weighted by molar-refractivity contribution is 5.99. The summed E-state index contributed by atoms with van der Waals surface area (Å²) in [5, 5.41) is 10.2. The fourth-order valence-corrected chi connectivity index (χ4v) is 3.78. The largest absolute Gasteiger partial charge is 0.379 e. The van der Waals surface area contributed by atoms with Crippen molar-refractivity contribution in [3.63, 3.8) is 0 Å². The molecule has 3 heterocycles. The zero-order chi connectivity index (χ0) is 18.6. The van der Waals surface area contributed by atoms with Crippen molar-refractivity contribution in [1.82, 2.24) is 14.7 Å². The zero-order valence-corrected chi connectivity index (χ0v) is 15.8. The van der Waals surface area contributed by atoms with Crippen LogP contribution in [0, 0.1) is 0 Å². The summed E-state index contributed by atoms with van der Waals surface area (Å²) in [6, 6.07) is 10.1. The number of carbonyl (C=O) groups is 1. The molecular weight excluding hydrogens is 342 g/mol. The summed E-state index contributed by atoms with van der Waals surface area (Å²) in [4.78, 5) is 14.7. The van der Waals surface area contributed by atoms with Crippen LogP contribution in [-0.4, -0.2) is 47.0 Å². The number of ether oxygens (including phenoxy) is 1. The molecule has 27 heavy (non-hydrogen) atoms. The van der Waals surface area contributed by atoms with Gasteiger partial charge in [0.2, 0.25) is 0 Å². The SMILES string of the molecule is CC(c1ccc(NC(=O)Nc2cc3n(n2)CCCC3)cc1)N1CCOCC1. The Morgan fingerprint density at radius 1 is 1.11 bits per heavy atom. The molecule has 1 atom stereocenters. The second kappa shape index (κ2) is 8.10. The summed E-state index contributed by atoms with van der Waals surface area (Å²) in [7, 11) is 0. The number of benzene rings is 1. The number of morpholine rings is 1. The van der Waals surface area contributed by atoms with Gasteiger partial charge in [0.05, 0.1) is 13.2 Å². The molecule has 0 spiro atoms. The number of rotatable bonds is 4. The zero-order valence-electron chi connectivity index (χ0n) is 15.8. The Morgan fingerprint density at radius 2 is 1.89 bits per heavy atom. The van der Waals surface area contributed by atoms with Gasteiger partial charge in [-0.25, -0.2) is 4.79 Å². The molecule has 0 aliphatic carbocycles. The van der Waals surface area contributed by atoms with Crippen molar-refractivity contribution < 1.29 is 9.53 Å². The Morgan fingerprint density at radius 3 is 2.63 bits per heavy atom. The van der Waals surface area contributed by atoms with E-state index in [9.17, 15) is 4.79 Å². The van der Waals surface area contributed by atoms with Crippen molar-refractivity contribution in [3.05, 3.63) is 41.6 Å². The van der Waals surface area contributed by atoms with Gasteiger partial charge in [-0.15, -0.1) is 0 Å². The molecule has 1 fully saturated rings. The first kappa shape index (κ1) is 18.0. The molecule has 2 aliphatic rings. The van der Waals surface area contributed by atoms with Gasteiger partial charge in [-0.1, -0.05) is 12.1 Å². The van der Waals surface area contributed by atoms with Crippen molar-refractivity contribution in [3.8, 4) is 0 Å². The minimum atomic E-state index is -0.264. The van der Waals surface area contributed by atoms with E-state index in [1.54, 1.807) is 0 Å². The molecule has 1 saturated heterocycles. The van der Waals surface area contributed by atoms with E-state index in [1.807, 2.05) is 22.9 Å². The molecule has 0 radical (unpaired) electrons. The topological polar surface area (TPSA) is 71.4 Å². The van der Waals surface area contributed by atoms with Gasteiger partial charge in [0, 0.05) is 43.1 Å². The van der Waals surface area contributed by atoms with Crippen LogP contribution in [0.15, 0.2) is 30.3 Å². The van der Waals surface area contributed by atoms with Gasteiger partial charge in [0.15, 0.2) is 5.82 Å². The number of urea groups is 1. The van der Waals surface area contributed by atoms with E-state index in [2.05, 4.69) is 39.7 Å². The summed E-state index contributed by atoms with van der Waals surface area (Å²) in [6.45, 7) is 6.64. The van der Waals surface area contributed by atoms with E-state index >= 15 is 0 Å². The van der Waals surface area contributed by atoms with Gasteiger partial charge >= 0.3 is 6.03 Å². The van der Waals surface area contributed by atoms with Crippen LogP contribution < -0.4 is 10.6 Å². The summed E-state index contributed by atoms with van der Waals surface area (Å²) in [6.07, 6.45) is 3.36. The van der Waals surface area contributed by atoms with Crippen LogP contribution in [0.25, 0.3) is 0 Å². The fourth-order valence-electron chi connectivity index (χ4n) is 3.78. The van der Waals surface area contributed by atoms with E-state index in [1.165, 1.54) is 17.7 Å². The lowest BCUT2D eigenvalue weighted by atomic mass is 10.1. The van der Waals surface area contributed by atoms with Gasteiger partial charge in [-0.3, -0.25) is 14.9 Å². The lowest BCUT2D eigenvalue weighted by molar-refractivity contribution is 0.0198. The number of amides is 2. The normalized spacial score (nSPS) is 18.6. The van der Waals surface area contributed by atoms with Crippen LogP contribution in [0.3, 0.4) is 0 Å². The van der Waals surface area contributed by atoms with Crippen LogP contribution in [0.5, 0.6) is 0 Å². The Kier molecular flexibility index (Phi) is 5.40. The summed E-state index contributed by atoms with van der Waals surface area (Å²) >= 11 is 0. The molecule has 0 bridgehead atoms. The van der Waals surface area contributed by atoms with E-state index in [0.29, 0.717) is 11.9 Å². The molecule has 2 amide bonds. The molecule has 2 aromatic rings. The maximum absolute atomic E-state index is 12.3. The van der Waals surface area contributed by atoms with Crippen molar-refractivity contribution in [1.29, 1.82) is 0 Å². The Bertz CT molecular complexity index is 757. The number of fused-ring (bicyclic) bond motifs is 1. The van der Waals surface area contributed by atoms with Crippen LogP contribution in [0.2, 0.25) is 0 Å². The monoisotopic (exact) mass is 369 g/mol. The Labute approximate surface area is 159 Å². The lowest BCUT2D eigenvalue weighted by Gasteiger charge is -2.32. The summed E-state index contributed by atoms with van der Waals surface area (Å²) in [5.41, 5.74) is 3.21. The number of carbonyl (C=O) groups excluding carboxylic acids is 1. The molecule has 1 aromatic carbocycles. The van der Waals surface area contributed by atoms with E-state index in [4.69, 9.17) is 4.74 Å². The highest BCUT2D eigenvalue weighted by atomic mass is 16.5. The van der Waals surface area contributed by atoms with Crippen molar-refractivity contribution >= 4 is 17.5 Å². The van der Waals surface area contributed by atoms with Crippen LogP contribution in [-0.2, 0) is 17.7 Å². The minimum Gasteiger partial charge on any atom is -0.379 e. The van der Waals surface area contributed by atoms with Gasteiger partial charge in [-0.2, -0.15) is 5.10 Å². The highest BCUT2D eigenvalue weighted by Crippen LogP contribution is 2.23. The number of anilines is 2. The second-order valence-electron chi connectivity index (χ2n) is 7.23. The number of aryl methyl sites for hydroxylation is 2. The van der Waals surface area contributed by atoms with E-state index in [0.717, 1.165) is 51.4 Å². The second-order valence-corrected chi connectivity index (χ2v) is 7.23. The third kappa shape index (κ3) is 4.31. The number of nitrogens with one attached hydrogen (secondary N) is 2. The molecule has 144 valence electrons. The quantitative estimate of drug-likeness (QED) is 0.868. The Balaban J connectivity index is 1.33. The molecule has 2 aliphatic heterocycles. The fraction of sp³-hybridized carbons (Fsp3) is 0.500. The maximum Gasteiger partial charge on any atom is 0.324 e. The van der Waals surface area contributed by atoms with Gasteiger partial charge < -0.3 is 10.1 Å². The van der Waals surface area contributed by atoms with Crippen LogP contribution >= 0.6 is 0 Å². The lowest BCUT2D eigenvalue weighted by Crippen LogP contribution is -2.38. The first-order valence-electron chi connectivity index (χ1n) is 9.75. The maximum atomic E-state index is 12.3. The molecule has 7 heteroatoms. The Hall–Kier alpha value is -2.38. The molecule has 7 nitrogen and oxygen atoms in total. The molecule has 0 saturated carbocycles. The van der Waals surface area contributed by atoms with Crippen LogP contribution in [0.4, 0.5) is 16.3 Å². The number of hydrogen-bond donors (Lipinski definition) is 2. The number of aromatic nitrogens is 2. The summed E-state index contributed by atoms with van der Waals surface area (Å²) in [5.74, 6) is 0.613. The van der Waals surface area contributed by atoms with E-state index < -0.39 is 0 Å². The molecule has 1 aromatic heterocycles.